The van der Waals surface area contributed by atoms with Gasteiger partial charge in [0.15, 0.2) is 0 Å². The van der Waals surface area contributed by atoms with Crippen LogP contribution in [-0.4, -0.2) is 17.4 Å². The molecular weight excluding hydrogens is 240 g/mol. The summed E-state index contributed by atoms with van der Waals surface area (Å²) >= 11 is 0. The fourth-order valence-corrected chi connectivity index (χ4v) is 0. The van der Waals surface area contributed by atoms with Gasteiger partial charge in [-0.1, -0.05) is 0 Å². The normalized spacial score (nSPS) is 5.58. The van der Waals surface area contributed by atoms with E-state index in [0.717, 1.165) is 0 Å². The molecule has 0 fully saturated rings. The summed E-state index contributed by atoms with van der Waals surface area (Å²) in [6.07, 6.45) is 0. The van der Waals surface area contributed by atoms with Gasteiger partial charge in [-0.15, -0.1) is 13.2 Å². The molecule has 6 nitrogen and oxygen atoms in total. The summed E-state index contributed by atoms with van der Waals surface area (Å²) < 4.78 is 25.0. The molecule has 0 saturated heterocycles. The average molecular weight is 244 g/mol. The number of hydrogen-bond donors (Lipinski definition) is 0. The van der Waals surface area contributed by atoms with Crippen molar-refractivity contribution in [2.75, 3.05) is 0 Å². The summed E-state index contributed by atoms with van der Waals surface area (Å²) in [5.74, 6) is 0. The molecule has 0 saturated carbocycles. The molecule has 0 radical (unpaired) electrons. The largest absolute Gasteiger partial charge is 3.00 e. The van der Waals surface area contributed by atoms with E-state index in [0.29, 0.717) is 0 Å². The van der Waals surface area contributed by atoms with Crippen LogP contribution >= 0.6 is 26.1 Å². The van der Waals surface area contributed by atoms with Crippen molar-refractivity contribution < 1.29 is 28.4 Å². The van der Waals surface area contributed by atoms with Gasteiger partial charge in [-0.25, -0.2) is 0 Å². The Labute approximate surface area is 85.3 Å². The first-order valence-corrected chi connectivity index (χ1v) is 3.79. The van der Waals surface area contributed by atoms with E-state index in [2.05, 4.69) is 13.2 Å². The summed E-state index contributed by atoms with van der Waals surface area (Å²) in [7, 11) is -3.25. The molecule has 0 aromatic carbocycles. The third-order valence-electron chi connectivity index (χ3n) is 0. The van der Waals surface area contributed by atoms with Crippen LogP contribution in [0, 0.1) is 0 Å². The van der Waals surface area contributed by atoms with Crippen molar-refractivity contribution in [1.82, 2.24) is 0 Å². The van der Waals surface area contributed by atoms with E-state index in [1.807, 2.05) is 0 Å². The van der Waals surface area contributed by atoms with Crippen molar-refractivity contribution in [1.29, 1.82) is 0 Å². The van der Waals surface area contributed by atoms with Crippen molar-refractivity contribution in [2.45, 2.75) is 0 Å². The fourth-order valence-electron chi connectivity index (χ4n) is 0. The van der Waals surface area contributed by atoms with Gasteiger partial charge in [-0.05, 0) is 0 Å². The second-order valence-electron chi connectivity index (χ2n) is 0.224. The van der Waals surface area contributed by atoms with Gasteiger partial charge < -0.3 is 14.7 Å². The van der Waals surface area contributed by atoms with E-state index < -0.39 is 26.1 Å². The Bertz CT molecular complexity index is 66.9. The van der Waals surface area contributed by atoms with Gasteiger partial charge >= 0.3 is 17.4 Å². The maximum atomic E-state index is 8.35. The van der Waals surface area contributed by atoms with E-state index in [-0.39, 0.29) is 17.4 Å². The van der Waals surface area contributed by atoms with Crippen LogP contribution in [0.5, 0.6) is 0 Å². The van der Waals surface area contributed by atoms with E-state index in [1.54, 1.807) is 0 Å². The molecule has 66 valence electrons. The Morgan fingerprint density at radius 2 is 0.750 bits per heavy atom. The van der Waals surface area contributed by atoms with Gasteiger partial charge in [0.25, 0.3) is 0 Å². The quantitative estimate of drug-likeness (QED) is 0.308. The Balaban J connectivity index is -0.0000000179. The minimum absolute atomic E-state index is 0. The molecule has 0 aromatic heterocycles. The summed E-state index contributed by atoms with van der Waals surface area (Å²) in [5.41, 5.74) is 0. The molecule has 0 aromatic rings. The van der Waals surface area contributed by atoms with Gasteiger partial charge in [0.05, 0.1) is 26.1 Å². The summed E-state index contributed by atoms with van der Waals surface area (Å²) in [6.45, 7) is 6.00. The standard InChI is InChI=1S/C2H4.Al.3HO2P/c1-2;;3*1-3-2/h1-2H2;;3*(H,1,2)/q;+3;;;/p-3. The molecule has 0 aliphatic heterocycles. The Hall–Kier alpha value is 0.452. The predicted molar refractivity (Wildman–Crippen MR) is 39.8 cm³/mol. The van der Waals surface area contributed by atoms with E-state index in [4.69, 9.17) is 28.4 Å². The van der Waals surface area contributed by atoms with Gasteiger partial charge in [0.1, 0.15) is 0 Å². The minimum Gasteiger partial charge on any atom is -0.772 e. The van der Waals surface area contributed by atoms with Crippen LogP contribution in [-0.2, 0) is 13.7 Å². The number of hydrogen-bond acceptors (Lipinski definition) is 6. The van der Waals surface area contributed by atoms with Crippen LogP contribution in [0.2, 0.25) is 0 Å². The van der Waals surface area contributed by atoms with Gasteiger partial charge in [-0.3, -0.25) is 13.7 Å². The monoisotopic (exact) mass is 244 g/mol. The van der Waals surface area contributed by atoms with Crippen LogP contribution in [0.1, 0.15) is 0 Å². The Morgan fingerprint density at radius 3 is 0.750 bits per heavy atom. The number of rotatable bonds is 0. The van der Waals surface area contributed by atoms with Crippen LogP contribution in [0.15, 0.2) is 13.2 Å². The maximum Gasteiger partial charge on any atom is 3.00 e. The first-order valence-electron chi connectivity index (χ1n) is 1.60. The smallest absolute Gasteiger partial charge is 0.772 e. The Kier molecular flexibility index (Phi) is 257. The van der Waals surface area contributed by atoms with Gasteiger partial charge in [0.2, 0.25) is 0 Å². The molecule has 0 unspecified atom stereocenters. The zero-order valence-electron chi connectivity index (χ0n) is 5.78. The fraction of sp³-hybridized carbons (Fsp3) is 0. The minimum atomic E-state index is -1.08. The summed E-state index contributed by atoms with van der Waals surface area (Å²) in [6, 6.07) is 0. The molecule has 0 bridgehead atoms. The second-order valence-corrected chi connectivity index (χ2v) is 0.671. The van der Waals surface area contributed by atoms with Crippen molar-refractivity contribution in [3.63, 3.8) is 0 Å². The molecule has 10 heteroatoms. The molecular formula is C2H4AlO6P3. The van der Waals surface area contributed by atoms with Crippen molar-refractivity contribution in [2.24, 2.45) is 0 Å². The third kappa shape index (κ3) is 4560. The summed E-state index contributed by atoms with van der Waals surface area (Å²) in [4.78, 5) is 25.0. The van der Waals surface area contributed by atoms with E-state index in [9.17, 15) is 0 Å². The van der Waals surface area contributed by atoms with Crippen LogP contribution in [0.25, 0.3) is 0 Å². The molecule has 0 aliphatic carbocycles. The molecule has 0 spiro atoms. The second kappa shape index (κ2) is 105. The van der Waals surface area contributed by atoms with Gasteiger partial charge in [0, 0.05) is 0 Å². The van der Waals surface area contributed by atoms with Gasteiger partial charge in [-0.2, -0.15) is 0 Å². The van der Waals surface area contributed by atoms with E-state index in [1.165, 1.54) is 0 Å². The first-order chi connectivity index (χ1) is 5.24. The summed E-state index contributed by atoms with van der Waals surface area (Å²) in [5, 5.41) is 0. The van der Waals surface area contributed by atoms with Crippen LogP contribution in [0.4, 0.5) is 0 Å². The molecule has 0 atom stereocenters. The SMILES string of the molecule is C=C.O=P[O-].O=P[O-].O=P[O-].[Al+3]. The maximum absolute atomic E-state index is 8.35. The zero-order valence-corrected chi connectivity index (χ0v) is 9.62. The Morgan fingerprint density at radius 1 is 0.750 bits per heavy atom. The molecule has 0 amide bonds. The zero-order chi connectivity index (χ0) is 10.1. The molecule has 0 heterocycles. The molecule has 0 rings (SSSR count). The predicted octanol–water partition coefficient (Wildman–Crippen LogP) is -0.918. The molecule has 12 heavy (non-hydrogen) atoms. The first kappa shape index (κ1) is 29.4. The van der Waals surface area contributed by atoms with Crippen LogP contribution in [0.3, 0.4) is 0 Å². The van der Waals surface area contributed by atoms with Crippen LogP contribution < -0.4 is 14.7 Å². The van der Waals surface area contributed by atoms with Crippen molar-refractivity contribution in [3.05, 3.63) is 13.2 Å². The van der Waals surface area contributed by atoms with Crippen molar-refractivity contribution in [3.8, 4) is 0 Å². The van der Waals surface area contributed by atoms with Crippen molar-refractivity contribution >= 4 is 43.4 Å². The van der Waals surface area contributed by atoms with E-state index >= 15 is 0 Å². The average Bonchev–Trinajstić information content (AvgIpc) is 1.96. The third-order valence-corrected chi connectivity index (χ3v) is 0. The molecule has 0 aliphatic rings. The topological polar surface area (TPSA) is 120 Å². The molecule has 0 N–H and O–H groups in total.